The monoisotopic (exact) mass is 520 g/mol. The van der Waals surface area contributed by atoms with Gasteiger partial charge in [-0.25, -0.2) is 0 Å². The molecular formula is C32H44N2O4. The smallest absolute Gasteiger partial charge is 0.225 e. The van der Waals surface area contributed by atoms with Crippen LogP contribution >= 0.6 is 0 Å². The summed E-state index contributed by atoms with van der Waals surface area (Å²) in [5, 5.41) is 0. The van der Waals surface area contributed by atoms with E-state index in [4.69, 9.17) is 9.47 Å². The van der Waals surface area contributed by atoms with Gasteiger partial charge in [-0.1, -0.05) is 74.5 Å². The fourth-order valence-corrected chi connectivity index (χ4v) is 6.00. The molecule has 0 aromatic heterocycles. The first-order valence-corrected chi connectivity index (χ1v) is 14.0. The number of hydrogen-bond acceptors (Lipinski definition) is 4. The SMILES string of the molecule is C[C@H](CC(=O)N1[C@@H](Cc2ccccc2)COC1(C)C)[C@H](C)CC(=O)N1[C@@H](Cc2ccccc2)COC1(C)C. The molecule has 4 rings (SSSR count). The number of hydrogen-bond donors (Lipinski definition) is 0. The van der Waals surface area contributed by atoms with Gasteiger partial charge in [-0.05, 0) is 63.5 Å². The van der Waals surface area contributed by atoms with Crippen molar-refractivity contribution in [2.75, 3.05) is 13.2 Å². The van der Waals surface area contributed by atoms with Crippen LogP contribution in [0.5, 0.6) is 0 Å². The third-order valence-electron chi connectivity index (χ3n) is 8.28. The molecule has 0 N–H and O–H groups in total. The molecule has 2 heterocycles. The molecule has 38 heavy (non-hydrogen) atoms. The van der Waals surface area contributed by atoms with E-state index in [9.17, 15) is 9.59 Å². The van der Waals surface area contributed by atoms with Crippen molar-refractivity contribution in [3.05, 3.63) is 71.8 Å². The number of benzene rings is 2. The van der Waals surface area contributed by atoms with Crippen molar-refractivity contribution in [2.24, 2.45) is 11.8 Å². The van der Waals surface area contributed by atoms with Crippen LogP contribution < -0.4 is 0 Å². The molecule has 2 fully saturated rings. The van der Waals surface area contributed by atoms with Crippen molar-refractivity contribution in [3.63, 3.8) is 0 Å². The summed E-state index contributed by atoms with van der Waals surface area (Å²) >= 11 is 0. The Hall–Kier alpha value is -2.70. The molecule has 2 amide bonds. The highest BCUT2D eigenvalue weighted by Gasteiger charge is 2.45. The Kier molecular flexibility index (Phi) is 8.63. The van der Waals surface area contributed by atoms with Crippen molar-refractivity contribution in [2.45, 2.75) is 90.8 Å². The Morgan fingerprint density at radius 3 is 1.39 bits per heavy atom. The number of rotatable bonds is 9. The maximum atomic E-state index is 13.6. The number of ether oxygens (including phenoxy) is 2. The van der Waals surface area contributed by atoms with Crippen LogP contribution in [0.1, 0.15) is 65.5 Å². The summed E-state index contributed by atoms with van der Waals surface area (Å²) in [5.74, 6) is 0.290. The third kappa shape index (κ3) is 6.47. The molecule has 2 aliphatic rings. The Bertz CT molecular complexity index is 998. The van der Waals surface area contributed by atoms with Crippen LogP contribution in [0.15, 0.2) is 60.7 Å². The van der Waals surface area contributed by atoms with Crippen molar-refractivity contribution >= 4 is 11.8 Å². The second kappa shape index (κ2) is 11.6. The van der Waals surface area contributed by atoms with E-state index in [0.29, 0.717) is 26.1 Å². The summed E-state index contributed by atoms with van der Waals surface area (Å²) < 4.78 is 12.1. The maximum absolute atomic E-state index is 13.6. The zero-order chi connectivity index (χ0) is 27.5. The second-order valence-corrected chi connectivity index (χ2v) is 12.1. The second-order valence-electron chi connectivity index (χ2n) is 12.1. The lowest BCUT2D eigenvalue weighted by molar-refractivity contribution is -0.150. The predicted molar refractivity (Wildman–Crippen MR) is 149 cm³/mol. The summed E-state index contributed by atoms with van der Waals surface area (Å²) in [7, 11) is 0. The van der Waals surface area contributed by atoms with Gasteiger partial charge in [0.25, 0.3) is 0 Å². The van der Waals surface area contributed by atoms with E-state index in [1.807, 2.05) is 73.9 Å². The minimum Gasteiger partial charge on any atom is -0.354 e. The van der Waals surface area contributed by atoms with Gasteiger partial charge >= 0.3 is 0 Å². The van der Waals surface area contributed by atoms with Crippen LogP contribution in [-0.4, -0.2) is 58.4 Å². The molecule has 0 spiro atoms. The average Bonchev–Trinajstić information content (AvgIpc) is 3.33. The number of nitrogens with zero attached hydrogens (tertiary/aromatic N) is 2. The Morgan fingerprint density at radius 1 is 0.711 bits per heavy atom. The highest BCUT2D eigenvalue weighted by molar-refractivity contribution is 5.79. The minimum absolute atomic E-state index is 0.00494. The van der Waals surface area contributed by atoms with E-state index < -0.39 is 11.4 Å². The van der Waals surface area contributed by atoms with E-state index in [1.54, 1.807) is 0 Å². The molecule has 4 atom stereocenters. The fraction of sp³-hybridized carbons (Fsp3) is 0.562. The van der Waals surface area contributed by atoms with Crippen molar-refractivity contribution < 1.29 is 19.1 Å². The van der Waals surface area contributed by atoms with Gasteiger partial charge < -0.3 is 19.3 Å². The fourth-order valence-electron chi connectivity index (χ4n) is 6.00. The molecule has 2 aliphatic heterocycles. The van der Waals surface area contributed by atoms with E-state index in [-0.39, 0.29) is 35.7 Å². The molecule has 0 radical (unpaired) electrons. The number of amides is 2. The summed E-state index contributed by atoms with van der Waals surface area (Å²) in [4.78, 5) is 31.1. The van der Waals surface area contributed by atoms with Gasteiger partial charge in [0.2, 0.25) is 11.8 Å². The molecule has 2 saturated heterocycles. The minimum atomic E-state index is -0.642. The van der Waals surface area contributed by atoms with E-state index >= 15 is 0 Å². The Morgan fingerprint density at radius 2 is 1.05 bits per heavy atom. The van der Waals surface area contributed by atoms with E-state index in [2.05, 4.69) is 38.1 Å². The van der Waals surface area contributed by atoms with Gasteiger partial charge in [0.15, 0.2) is 0 Å². The molecule has 0 unspecified atom stereocenters. The third-order valence-corrected chi connectivity index (χ3v) is 8.28. The molecule has 206 valence electrons. The van der Waals surface area contributed by atoms with Crippen molar-refractivity contribution in [1.29, 1.82) is 0 Å². The Labute approximate surface area is 228 Å². The maximum Gasteiger partial charge on any atom is 0.225 e. The van der Waals surface area contributed by atoms with Gasteiger partial charge in [-0.15, -0.1) is 0 Å². The molecule has 0 saturated carbocycles. The molecule has 0 bridgehead atoms. The first-order chi connectivity index (χ1) is 18.0. The molecule has 2 aromatic carbocycles. The zero-order valence-electron chi connectivity index (χ0n) is 23.9. The summed E-state index contributed by atoms with van der Waals surface area (Å²) in [5.41, 5.74) is 1.11. The summed E-state index contributed by atoms with van der Waals surface area (Å²) in [6, 6.07) is 20.5. The lowest BCUT2D eigenvalue weighted by atomic mass is 9.88. The number of carbonyl (C=O) groups excluding carboxylic acids is 2. The highest BCUT2D eigenvalue weighted by atomic mass is 16.5. The van der Waals surface area contributed by atoms with Crippen LogP contribution in [0.25, 0.3) is 0 Å². The molecule has 6 heteroatoms. The van der Waals surface area contributed by atoms with Crippen LogP contribution in [0.3, 0.4) is 0 Å². The predicted octanol–water partition coefficient (Wildman–Crippen LogP) is 5.45. The molecule has 0 aliphatic carbocycles. The van der Waals surface area contributed by atoms with Crippen LogP contribution in [0.2, 0.25) is 0 Å². The van der Waals surface area contributed by atoms with Gasteiger partial charge in [-0.2, -0.15) is 0 Å². The lowest BCUT2D eigenvalue weighted by Crippen LogP contribution is -2.50. The molecule has 6 nitrogen and oxygen atoms in total. The zero-order valence-corrected chi connectivity index (χ0v) is 23.9. The summed E-state index contributed by atoms with van der Waals surface area (Å²) in [6.07, 6.45) is 2.32. The summed E-state index contributed by atoms with van der Waals surface area (Å²) in [6.45, 7) is 13.1. The molecular weight excluding hydrogens is 476 g/mol. The first kappa shape index (κ1) is 28.3. The largest absolute Gasteiger partial charge is 0.354 e. The van der Waals surface area contributed by atoms with Crippen molar-refractivity contribution in [3.8, 4) is 0 Å². The Balaban J connectivity index is 1.38. The van der Waals surface area contributed by atoms with Gasteiger partial charge in [-0.3, -0.25) is 9.59 Å². The van der Waals surface area contributed by atoms with Crippen molar-refractivity contribution in [1.82, 2.24) is 9.80 Å². The lowest BCUT2D eigenvalue weighted by Gasteiger charge is -2.36. The van der Waals surface area contributed by atoms with Crippen LogP contribution in [-0.2, 0) is 31.9 Å². The van der Waals surface area contributed by atoms with E-state index in [0.717, 1.165) is 12.8 Å². The highest BCUT2D eigenvalue weighted by Crippen LogP contribution is 2.34. The normalized spacial score (nSPS) is 23.8. The average molecular weight is 521 g/mol. The van der Waals surface area contributed by atoms with Crippen LogP contribution in [0, 0.1) is 11.8 Å². The van der Waals surface area contributed by atoms with E-state index in [1.165, 1.54) is 11.1 Å². The van der Waals surface area contributed by atoms with Gasteiger partial charge in [0.05, 0.1) is 25.3 Å². The quantitative estimate of drug-likeness (QED) is 0.441. The standard InChI is InChI=1S/C32H44N2O4/c1-23(17-29(35)33-27(21-37-31(33,3)4)19-25-13-9-7-10-14-25)24(2)18-30(36)34-28(22-38-32(34,5)6)20-26-15-11-8-12-16-26/h7-16,23-24,27-28H,17-22H2,1-6H3/t23-,24-,27+,28+/m1/s1. The molecule has 2 aromatic rings. The topological polar surface area (TPSA) is 59.1 Å². The number of carbonyl (C=O) groups is 2. The first-order valence-electron chi connectivity index (χ1n) is 14.0. The van der Waals surface area contributed by atoms with Gasteiger partial charge in [0.1, 0.15) is 11.4 Å². The van der Waals surface area contributed by atoms with Crippen LogP contribution in [0.4, 0.5) is 0 Å². The van der Waals surface area contributed by atoms with Gasteiger partial charge in [0, 0.05) is 12.8 Å².